The van der Waals surface area contributed by atoms with Gasteiger partial charge >= 0.3 is 0 Å². The number of rotatable bonds is 6. The van der Waals surface area contributed by atoms with Crippen molar-refractivity contribution in [3.05, 3.63) is 59.4 Å². The summed E-state index contributed by atoms with van der Waals surface area (Å²) < 4.78 is 40.5. The fraction of sp³-hybridized carbons (Fsp3) is 0.278. The molecule has 1 unspecified atom stereocenters. The molecule has 1 amide bonds. The second kappa shape index (κ2) is 7.84. The topological polar surface area (TPSA) is 92.5 Å². The van der Waals surface area contributed by atoms with Gasteiger partial charge in [0.1, 0.15) is 5.82 Å². The van der Waals surface area contributed by atoms with Crippen molar-refractivity contribution >= 4 is 21.6 Å². The highest BCUT2D eigenvalue weighted by atomic mass is 32.2. The lowest BCUT2D eigenvalue weighted by molar-refractivity contribution is 0.0748. The van der Waals surface area contributed by atoms with Crippen molar-refractivity contribution in [2.45, 2.75) is 24.8 Å². The fourth-order valence-electron chi connectivity index (χ4n) is 2.24. The van der Waals surface area contributed by atoms with Crippen LogP contribution in [-0.4, -0.2) is 38.9 Å². The van der Waals surface area contributed by atoms with Crippen molar-refractivity contribution in [2.75, 3.05) is 18.3 Å². The van der Waals surface area contributed by atoms with Crippen LogP contribution in [0, 0.1) is 12.7 Å². The Morgan fingerprint density at radius 1 is 1.23 bits per heavy atom. The number of nitrogens with one attached hydrogen (secondary N) is 1. The van der Waals surface area contributed by atoms with Crippen molar-refractivity contribution in [1.29, 1.82) is 0 Å². The van der Waals surface area contributed by atoms with E-state index in [2.05, 4.69) is 4.72 Å². The van der Waals surface area contributed by atoms with E-state index in [4.69, 9.17) is 5.73 Å². The lowest BCUT2D eigenvalue weighted by atomic mass is 10.1. The normalized spacial score (nSPS) is 12.5. The molecular formula is C18H22FN3O3S. The van der Waals surface area contributed by atoms with Gasteiger partial charge in [-0.2, -0.15) is 0 Å². The number of hydrogen-bond donors (Lipinski definition) is 2. The number of aryl methyl sites for hydroxylation is 1. The average molecular weight is 379 g/mol. The first-order valence-corrected chi connectivity index (χ1v) is 9.50. The quantitative estimate of drug-likeness (QED) is 0.806. The van der Waals surface area contributed by atoms with Crippen LogP contribution in [-0.2, 0) is 10.0 Å². The summed E-state index contributed by atoms with van der Waals surface area (Å²) in [7, 11) is -2.19. The summed E-state index contributed by atoms with van der Waals surface area (Å²) in [4.78, 5) is 13.8. The smallest absolute Gasteiger partial charge is 0.261 e. The Balaban J connectivity index is 2.18. The maximum atomic E-state index is 13.3. The zero-order chi connectivity index (χ0) is 19.5. The predicted octanol–water partition coefficient (Wildman–Crippen LogP) is 2.35. The number of hydrogen-bond acceptors (Lipinski definition) is 4. The number of benzene rings is 2. The Kier molecular flexibility index (Phi) is 5.99. The van der Waals surface area contributed by atoms with Crippen molar-refractivity contribution in [3.63, 3.8) is 0 Å². The van der Waals surface area contributed by atoms with Gasteiger partial charge in [-0.3, -0.25) is 9.52 Å². The van der Waals surface area contributed by atoms with E-state index >= 15 is 0 Å². The third kappa shape index (κ3) is 4.39. The van der Waals surface area contributed by atoms with Gasteiger partial charge in [-0.1, -0.05) is 0 Å². The summed E-state index contributed by atoms with van der Waals surface area (Å²) in [5.41, 5.74) is 6.53. The molecule has 26 heavy (non-hydrogen) atoms. The van der Waals surface area contributed by atoms with Crippen molar-refractivity contribution < 1.29 is 17.6 Å². The molecule has 6 nitrogen and oxygen atoms in total. The van der Waals surface area contributed by atoms with Crippen molar-refractivity contribution in [3.8, 4) is 0 Å². The number of nitrogens with two attached hydrogens (primary N) is 1. The first-order chi connectivity index (χ1) is 12.2. The molecule has 0 aromatic heterocycles. The first kappa shape index (κ1) is 19.9. The largest absolute Gasteiger partial charge is 0.338 e. The minimum Gasteiger partial charge on any atom is -0.338 e. The fourth-order valence-corrected chi connectivity index (χ4v) is 3.38. The van der Waals surface area contributed by atoms with Crippen LogP contribution >= 0.6 is 0 Å². The number of nitrogens with zero attached hydrogens (tertiary/aromatic N) is 1. The zero-order valence-electron chi connectivity index (χ0n) is 14.9. The first-order valence-electron chi connectivity index (χ1n) is 8.02. The minimum absolute atomic E-state index is 0.0342. The van der Waals surface area contributed by atoms with Crippen molar-refractivity contribution in [1.82, 2.24) is 4.90 Å². The van der Waals surface area contributed by atoms with Crippen LogP contribution < -0.4 is 10.5 Å². The monoisotopic (exact) mass is 379 g/mol. The van der Waals surface area contributed by atoms with E-state index in [-0.39, 0.29) is 22.4 Å². The van der Waals surface area contributed by atoms with Gasteiger partial charge in [-0.05, 0) is 61.9 Å². The van der Waals surface area contributed by atoms with E-state index in [1.807, 2.05) is 6.92 Å². The third-order valence-corrected chi connectivity index (χ3v) is 5.53. The highest BCUT2D eigenvalue weighted by Gasteiger charge is 2.18. The molecule has 8 heteroatoms. The average Bonchev–Trinajstić information content (AvgIpc) is 2.62. The van der Waals surface area contributed by atoms with Gasteiger partial charge in [0.25, 0.3) is 15.9 Å². The number of likely N-dealkylation sites (N-methyl/N-ethyl adjacent to an activating group) is 1. The Bertz CT molecular complexity index is 898. The van der Waals surface area contributed by atoms with Crippen LogP contribution in [0.25, 0.3) is 0 Å². The number of carbonyl (C=O) groups is 1. The summed E-state index contributed by atoms with van der Waals surface area (Å²) in [6.45, 7) is 3.68. The summed E-state index contributed by atoms with van der Waals surface area (Å²) in [5, 5.41) is 0. The lowest BCUT2D eigenvalue weighted by Crippen LogP contribution is -2.39. The molecule has 0 aliphatic heterocycles. The molecule has 0 heterocycles. The molecule has 0 bridgehead atoms. The molecule has 0 spiro atoms. The molecular weight excluding hydrogens is 357 g/mol. The van der Waals surface area contributed by atoms with E-state index in [9.17, 15) is 17.6 Å². The SMILES string of the molecule is Cc1cc(S(=O)(=O)Nc2ccc(C(=O)N(C)C(C)CN)cc2)ccc1F. The van der Waals surface area contributed by atoms with E-state index < -0.39 is 15.8 Å². The zero-order valence-corrected chi connectivity index (χ0v) is 15.7. The Hall–Kier alpha value is -2.45. The van der Waals surface area contributed by atoms with Gasteiger partial charge in [0.15, 0.2) is 0 Å². The van der Waals surface area contributed by atoms with Crippen molar-refractivity contribution in [2.24, 2.45) is 5.73 Å². The molecule has 0 aliphatic carbocycles. The van der Waals surface area contributed by atoms with Gasteiger partial charge in [0.05, 0.1) is 4.90 Å². The molecule has 3 N–H and O–H groups in total. The third-order valence-electron chi connectivity index (χ3n) is 4.15. The van der Waals surface area contributed by atoms with E-state index in [1.165, 1.54) is 48.2 Å². The molecule has 2 rings (SSSR count). The Morgan fingerprint density at radius 2 is 1.85 bits per heavy atom. The van der Waals surface area contributed by atoms with Crippen LogP contribution in [0.5, 0.6) is 0 Å². The summed E-state index contributed by atoms with van der Waals surface area (Å²) in [6, 6.07) is 9.54. The maximum Gasteiger partial charge on any atom is 0.261 e. The van der Waals surface area contributed by atoms with E-state index in [0.717, 1.165) is 6.07 Å². The molecule has 0 fully saturated rings. The molecule has 0 aliphatic rings. The molecule has 1 atom stereocenters. The highest BCUT2D eigenvalue weighted by molar-refractivity contribution is 7.92. The second-order valence-electron chi connectivity index (χ2n) is 6.09. The summed E-state index contributed by atoms with van der Waals surface area (Å²) in [5.74, 6) is -0.672. The van der Waals surface area contributed by atoms with Gasteiger partial charge in [0.2, 0.25) is 0 Å². The molecule has 0 saturated carbocycles. The second-order valence-corrected chi connectivity index (χ2v) is 7.78. The van der Waals surface area contributed by atoms with E-state index in [1.54, 1.807) is 7.05 Å². The van der Waals surface area contributed by atoms with Crippen LogP contribution in [0.3, 0.4) is 0 Å². The standard InChI is InChI=1S/C18H22FN3O3S/c1-12-10-16(8-9-17(12)19)26(24,25)21-15-6-4-14(5-7-15)18(23)22(3)13(2)11-20/h4-10,13,21H,11,20H2,1-3H3. The summed E-state index contributed by atoms with van der Waals surface area (Å²) >= 11 is 0. The van der Waals surface area contributed by atoms with Crippen LogP contribution in [0.4, 0.5) is 10.1 Å². The van der Waals surface area contributed by atoms with Gasteiger partial charge < -0.3 is 10.6 Å². The Labute approximate surface area is 152 Å². The molecule has 2 aromatic carbocycles. The number of amides is 1. The van der Waals surface area contributed by atoms with Gasteiger partial charge in [-0.25, -0.2) is 12.8 Å². The predicted molar refractivity (Wildman–Crippen MR) is 99.0 cm³/mol. The molecule has 2 aromatic rings. The molecule has 140 valence electrons. The number of carbonyl (C=O) groups excluding carboxylic acids is 1. The molecule has 0 saturated heterocycles. The van der Waals surface area contributed by atoms with Gasteiger partial charge in [0, 0.05) is 30.9 Å². The number of anilines is 1. The minimum atomic E-state index is -3.85. The highest BCUT2D eigenvalue weighted by Crippen LogP contribution is 2.19. The van der Waals surface area contributed by atoms with E-state index in [0.29, 0.717) is 17.8 Å². The number of sulfonamides is 1. The summed E-state index contributed by atoms with van der Waals surface area (Å²) in [6.07, 6.45) is 0. The van der Waals surface area contributed by atoms with Crippen LogP contribution in [0.1, 0.15) is 22.8 Å². The van der Waals surface area contributed by atoms with Gasteiger partial charge in [-0.15, -0.1) is 0 Å². The number of halogens is 1. The molecule has 0 radical (unpaired) electrons. The Morgan fingerprint density at radius 3 is 2.38 bits per heavy atom. The maximum absolute atomic E-state index is 13.3. The lowest BCUT2D eigenvalue weighted by Gasteiger charge is -2.23. The van der Waals surface area contributed by atoms with Crippen LogP contribution in [0.2, 0.25) is 0 Å². The van der Waals surface area contributed by atoms with Crippen LogP contribution in [0.15, 0.2) is 47.4 Å².